The Kier molecular flexibility index (Phi) is 3.85. The summed E-state index contributed by atoms with van der Waals surface area (Å²) in [5.74, 6) is 1.02. The van der Waals surface area contributed by atoms with Crippen molar-refractivity contribution in [3.05, 3.63) is 16.1 Å². The highest BCUT2D eigenvalue weighted by molar-refractivity contribution is 7.91. The summed E-state index contributed by atoms with van der Waals surface area (Å²) in [6.07, 6.45) is 0.809. The molecular weight excluding hydrogens is 256 g/mol. The number of aromatic nitrogens is 1. The van der Waals surface area contributed by atoms with Gasteiger partial charge in [-0.3, -0.25) is 4.90 Å². The standard InChI is InChI=1S/C11H18N2O2S2/c1-9-7-16-11(12-9)6-13(2)5-10-3-4-17(14,15)8-10/h7,10H,3-6,8H2,1-2H3/t10-/m1/s1. The molecular formula is C11H18N2O2S2. The van der Waals surface area contributed by atoms with Crippen LogP contribution in [-0.4, -0.2) is 43.4 Å². The molecule has 0 unspecified atom stereocenters. The second-order valence-electron chi connectivity index (χ2n) is 4.85. The Labute approximate surface area is 107 Å². The lowest BCUT2D eigenvalue weighted by Gasteiger charge is -2.18. The Hall–Kier alpha value is -0.460. The van der Waals surface area contributed by atoms with Crippen LogP contribution in [0.4, 0.5) is 0 Å². The molecule has 0 spiro atoms. The van der Waals surface area contributed by atoms with Gasteiger partial charge in [-0.1, -0.05) is 0 Å². The average molecular weight is 274 g/mol. The minimum Gasteiger partial charge on any atom is -0.299 e. The fourth-order valence-corrected chi connectivity index (χ4v) is 4.93. The highest BCUT2D eigenvalue weighted by Crippen LogP contribution is 2.20. The molecule has 1 aromatic rings. The Morgan fingerprint density at radius 2 is 2.35 bits per heavy atom. The predicted octanol–water partition coefficient (Wildman–Crippen LogP) is 1.32. The zero-order valence-electron chi connectivity index (χ0n) is 10.2. The van der Waals surface area contributed by atoms with Crippen LogP contribution in [-0.2, 0) is 16.4 Å². The van der Waals surface area contributed by atoms with Crippen molar-refractivity contribution in [2.24, 2.45) is 5.92 Å². The van der Waals surface area contributed by atoms with E-state index in [0.717, 1.165) is 30.2 Å². The van der Waals surface area contributed by atoms with E-state index in [1.807, 2.05) is 19.4 Å². The zero-order valence-corrected chi connectivity index (χ0v) is 11.9. The molecule has 1 aromatic heterocycles. The quantitative estimate of drug-likeness (QED) is 0.831. The summed E-state index contributed by atoms with van der Waals surface area (Å²) in [6.45, 7) is 3.65. The summed E-state index contributed by atoms with van der Waals surface area (Å²) < 4.78 is 22.7. The topological polar surface area (TPSA) is 50.3 Å². The van der Waals surface area contributed by atoms with Gasteiger partial charge in [-0.2, -0.15) is 0 Å². The van der Waals surface area contributed by atoms with Crippen molar-refractivity contribution < 1.29 is 8.42 Å². The second-order valence-corrected chi connectivity index (χ2v) is 8.02. The lowest BCUT2D eigenvalue weighted by molar-refractivity contribution is 0.281. The van der Waals surface area contributed by atoms with Gasteiger partial charge in [0.1, 0.15) is 5.01 Å². The maximum Gasteiger partial charge on any atom is 0.150 e. The number of aryl methyl sites for hydroxylation is 1. The third-order valence-corrected chi connectivity index (χ3v) is 5.76. The number of rotatable bonds is 4. The van der Waals surface area contributed by atoms with Crippen LogP contribution in [0.3, 0.4) is 0 Å². The molecule has 6 heteroatoms. The molecule has 2 heterocycles. The van der Waals surface area contributed by atoms with Crippen molar-refractivity contribution in [3.63, 3.8) is 0 Å². The molecule has 17 heavy (non-hydrogen) atoms. The summed E-state index contributed by atoms with van der Waals surface area (Å²) >= 11 is 1.66. The van der Waals surface area contributed by atoms with E-state index in [1.165, 1.54) is 0 Å². The number of hydrogen-bond donors (Lipinski definition) is 0. The van der Waals surface area contributed by atoms with Gasteiger partial charge in [0.25, 0.3) is 0 Å². The van der Waals surface area contributed by atoms with E-state index in [2.05, 4.69) is 9.88 Å². The van der Waals surface area contributed by atoms with Crippen LogP contribution in [0, 0.1) is 12.8 Å². The highest BCUT2D eigenvalue weighted by atomic mass is 32.2. The van der Waals surface area contributed by atoms with Crippen molar-refractivity contribution in [2.45, 2.75) is 19.9 Å². The Balaban J connectivity index is 1.84. The first-order chi connectivity index (χ1) is 7.94. The van der Waals surface area contributed by atoms with Crippen LogP contribution in [0.2, 0.25) is 0 Å². The summed E-state index contributed by atoms with van der Waals surface area (Å²) in [5, 5.41) is 3.15. The van der Waals surface area contributed by atoms with Gasteiger partial charge in [-0.15, -0.1) is 11.3 Å². The molecule has 4 nitrogen and oxygen atoms in total. The van der Waals surface area contributed by atoms with Gasteiger partial charge in [-0.05, 0) is 26.3 Å². The van der Waals surface area contributed by atoms with Gasteiger partial charge in [0.15, 0.2) is 9.84 Å². The lowest BCUT2D eigenvalue weighted by Crippen LogP contribution is -2.26. The summed E-state index contributed by atoms with van der Waals surface area (Å²) in [5.41, 5.74) is 1.06. The SMILES string of the molecule is Cc1csc(CN(C)C[C@H]2CCS(=O)(=O)C2)n1. The fourth-order valence-electron chi connectivity index (χ4n) is 2.23. The van der Waals surface area contributed by atoms with Crippen LogP contribution in [0.25, 0.3) is 0 Å². The molecule has 0 bridgehead atoms. The van der Waals surface area contributed by atoms with E-state index in [1.54, 1.807) is 11.3 Å². The highest BCUT2D eigenvalue weighted by Gasteiger charge is 2.28. The molecule has 0 N–H and O–H groups in total. The minimum atomic E-state index is -2.75. The van der Waals surface area contributed by atoms with Crippen LogP contribution in [0.5, 0.6) is 0 Å². The Morgan fingerprint density at radius 1 is 1.59 bits per heavy atom. The summed E-state index contributed by atoms with van der Waals surface area (Å²) in [6, 6.07) is 0. The van der Waals surface area contributed by atoms with Gasteiger partial charge < -0.3 is 0 Å². The van der Waals surface area contributed by atoms with Crippen LogP contribution in [0.1, 0.15) is 17.1 Å². The largest absolute Gasteiger partial charge is 0.299 e. The van der Waals surface area contributed by atoms with Crippen molar-refractivity contribution in [2.75, 3.05) is 25.1 Å². The summed E-state index contributed by atoms with van der Waals surface area (Å²) in [4.78, 5) is 6.58. The third kappa shape index (κ3) is 3.76. The first-order valence-corrected chi connectivity index (χ1v) is 8.45. The molecule has 1 saturated heterocycles. The molecule has 96 valence electrons. The van der Waals surface area contributed by atoms with Crippen LogP contribution < -0.4 is 0 Å². The number of sulfone groups is 1. The zero-order chi connectivity index (χ0) is 12.5. The fraction of sp³-hybridized carbons (Fsp3) is 0.727. The van der Waals surface area contributed by atoms with E-state index in [9.17, 15) is 8.42 Å². The first kappa shape index (κ1) is 13.0. The molecule has 0 radical (unpaired) electrons. The van der Waals surface area contributed by atoms with E-state index in [-0.39, 0.29) is 0 Å². The van der Waals surface area contributed by atoms with Crippen LogP contribution in [0.15, 0.2) is 5.38 Å². The van der Waals surface area contributed by atoms with Crippen molar-refractivity contribution in [1.29, 1.82) is 0 Å². The van der Waals surface area contributed by atoms with Gasteiger partial charge >= 0.3 is 0 Å². The molecule has 0 amide bonds. The normalized spacial score (nSPS) is 23.4. The van der Waals surface area contributed by atoms with Crippen molar-refractivity contribution >= 4 is 21.2 Å². The maximum absolute atomic E-state index is 11.4. The molecule has 1 fully saturated rings. The van der Waals surface area contributed by atoms with Gasteiger partial charge in [0.2, 0.25) is 0 Å². The van der Waals surface area contributed by atoms with E-state index in [4.69, 9.17) is 0 Å². The van der Waals surface area contributed by atoms with Crippen molar-refractivity contribution in [1.82, 2.24) is 9.88 Å². The molecule has 1 aliphatic heterocycles. The second kappa shape index (κ2) is 5.04. The molecule has 1 aliphatic rings. The monoisotopic (exact) mass is 274 g/mol. The van der Waals surface area contributed by atoms with Gasteiger partial charge in [-0.25, -0.2) is 13.4 Å². The Bertz CT molecular complexity index is 481. The van der Waals surface area contributed by atoms with Gasteiger partial charge in [0.05, 0.1) is 18.1 Å². The smallest absolute Gasteiger partial charge is 0.150 e. The number of nitrogens with zero attached hydrogens (tertiary/aromatic N) is 2. The number of hydrogen-bond acceptors (Lipinski definition) is 5. The molecule has 0 saturated carbocycles. The average Bonchev–Trinajstić information content (AvgIpc) is 2.73. The minimum absolute atomic E-state index is 0.297. The maximum atomic E-state index is 11.4. The molecule has 0 aromatic carbocycles. The van der Waals surface area contributed by atoms with Crippen molar-refractivity contribution in [3.8, 4) is 0 Å². The van der Waals surface area contributed by atoms with E-state index >= 15 is 0 Å². The molecule has 1 atom stereocenters. The summed E-state index contributed by atoms with van der Waals surface area (Å²) in [7, 11) is -0.720. The van der Waals surface area contributed by atoms with Crippen LogP contribution >= 0.6 is 11.3 Å². The first-order valence-electron chi connectivity index (χ1n) is 5.74. The molecule has 0 aliphatic carbocycles. The third-order valence-electron chi connectivity index (χ3n) is 2.97. The number of thiazole rings is 1. The lowest BCUT2D eigenvalue weighted by atomic mass is 10.1. The van der Waals surface area contributed by atoms with E-state index in [0.29, 0.717) is 17.4 Å². The predicted molar refractivity (Wildman–Crippen MR) is 69.9 cm³/mol. The molecule has 2 rings (SSSR count). The van der Waals surface area contributed by atoms with E-state index < -0.39 is 9.84 Å². The Morgan fingerprint density at radius 3 is 2.88 bits per heavy atom. The van der Waals surface area contributed by atoms with Gasteiger partial charge in [0, 0.05) is 17.6 Å².